The van der Waals surface area contributed by atoms with E-state index in [1.165, 1.54) is 7.11 Å². The topological polar surface area (TPSA) is 63.2 Å². The van der Waals surface area contributed by atoms with Gasteiger partial charge in [-0.3, -0.25) is 10.4 Å². The molecule has 0 bridgehead atoms. The van der Waals surface area contributed by atoms with E-state index in [1.807, 2.05) is 0 Å². The molecule has 0 saturated heterocycles. The standard InChI is InChI=1S/C7H8BrN3O2/c1-13-7(12)11-10-6-2-3-9-4-5(6)8/h2-4H,1H3,(H,9,10)(H,11,12). The number of anilines is 1. The first-order chi connectivity index (χ1) is 6.24. The number of hydrogen-bond acceptors (Lipinski definition) is 4. The number of halogens is 1. The van der Waals surface area contributed by atoms with Gasteiger partial charge in [-0.1, -0.05) is 0 Å². The fourth-order valence-corrected chi connectivity index (χ4v) is 0.995. The van der Waals surface area contributed by atoms with Gasteiger partial charge in [0.1, 0.15) is 0 Å². The van der Waals surface area contributed by atoms with E-state index in [9.17, 15) is 4.79 Å². The average Bonchev–Trinajstić information content (AvgIpc) is 2.16. The van der Waals surface area contributed by atoms with Gasteiger partial charge in [-0.05, 0) is 22.0 Å². The molecule has 1 amide bonds. The Balaban J connectivity index is 2.54. The summed E-state index contributed by atoms with van der Waals surface area (Å²) < 4.78 is 5.12. The summed E-state index contributed by atoms with van der Waals surface area (Å²) in [5.74, 6) is 0. The molecule has 0 saturated carbocycles. The van der Waals surface area contributed by atoms with Gasteiger partial charge in [0.2, 0.25) is 0 Å². The Kier molecular flexibility index (Phi) is 3.51. The summed E-state index contributed by atoms with van der Waals surface area (Å²) in [5, 5.41) is 0. The second-order valence-corrected chi connectivity index (χ2v) is 2.95. The first-order valence-electron chi connectivity index (χ1n) is 3.43. The predicted molar refractivity (Wildman–Crippen MR) is 51.1 cm³/mol. The number of carbonyl (C=O) groups excluding carboxylic acids is 1. The number of ether oxygens (including phenoxy) is 1. The summed E-state index contributed by atoms with van der Waals surface area (Å²) in [4.78, 5) is 14.5. The van der Waals surface area contributed by atoms with Gasteiger partial charge in [0, 0.05) is 12.4 Å². The van der Waals surface area contributed by atoms with Crippen molar-refractivity contribution in [3.05, 3.63) is 22.9 Å². The lowest BCUT2D eigenvalue weighted by Gasteiger charge is -2.07. The second kappa shape index (κ2) is 4.66. The van der Waals surface area contributed by atoms with Crippen molar-refractivity contribution in [3.8, 4) is 0 Å². The Morgan fingerprint density at radius 1 is 1.69 bits per heavy atom. The van der Waals surface area contributed by atoms with Crippen LogP contribution in [0.1, 0.15) is 0 Å². The number of carbonyl (C=O) groups is 1. The van der Waals surface area contributed by atoms with Crippen molar-refractivity contribution in [1.82, 2.24) is 10.4 Å². The van der Waals surface area contributed by atoms with E-state index >= 15 is 0 Å². The minimum absolute atomic E-state index is 0.552. The van der Waals surface area contributed by atoms with E-state index in [2.05, 4.69) is 36.5 Å². The van der Waals surface area contributed by atoms with Crippen LogP contribution in [0.2, 0.25) is 0 Å². The third-order valence-electron chi connectivity index (χ3n) is 1.26. The Morgan fingerprint density at radius 3 is 3.08 bits per heavy atom. The molecular formula is C7H8BrN3O2. The quantitative estimate of drug-likeness (QED) is 0.776. The number of aromatic nitrogens is 1. The zero-order chi connectivity index (χ0) is 9.68. The fourth-order valence-electron chi connectivity index (χ4n) is 0.646. The molecule has 1 aromatic heterocycles. The van der Waals surface area contributed by atoms with Gasteiger partial charge in [-0.15, -0.1) is 0 Å². The predicted octanol–water partition coefficient (Wildman–Crippen LogP) is 1.53. The monoisotopic (exact) mass is 245 g/mol. The summed E-state index contributed by atoms with van der Waals surface area (Å²) in [6, 6.07) is 1.71. The van der Waals surface area contributed by atoms with Gasteiger partial charge in [0.05, 0.1) is 17.3 Å². The van der Waals surface area contributed by atoms with Gasteiger partial charge >= 0.3 is 6.09 Å². The first kappa shape index (κ1) is 9.79. The lowest BCUT2D eigenvalue weighted by atomic mass is 10.4. The largest absolute Gasteiger partial charge is 0.452 e. The molecule has 0 unspecified atom stereocenters. The molecule has 0 radical (unpaired) electrons. The van der Waals surface area contributed by atoms with E-state index in [-0.39, 0.29) is 0 Å². The first-order valence-corrected chi connectivity index (χ1v) is 4.23. The molecule has 70 valence electrons. The minimum atomic E-state index is -0.552. The van der Waals surface area contributed by atoms with Crippen molar-refractivity contribution in [1.29, 1.82) is 0 Å². The molecule has 5 nitrogen and oxygen atoms in total. The van der Waals surface area contributed by atoms with Crippen molar-refractivity contribution < 1.29 is 9.53 Å². The van der Waals surface area contributed by atoms with Crippen molar-refractivity contribution in [2.24, 2.45) is 0 Å². The van der Waals surface area contributed by atoms with Crippen LogP contribution < -0.4 is 10.9 Å². The van der Waals surface area contributed by atoms with Crippen molar-refractivity contribution in [3.63, 3.8) is 0 Å². The van der Waals surface area contributed by atoms with E-state index in [0.29, 0.717) is 5.69 Å². The number of methoxy groups -OCH3 is 1. The Hall–Kier alpha value is -1.30. The van der Waals surface area contributed by atoms with Crippen LogP contribution in [0.3, 0.4) is 0 Å². The molecule has 2 N–H and O–H groups in total. The van der Waals surface area contributed by atoms with Gasteiger partial charge in [0.15, 0.2) is 0 Å². The van der Waals surface area contributed by atoms with Crippen LogP contribution in [0.25, 0.3) is 0 Å². The van der Waals surface area contributed by atoms with Crippen molar-refractivity contribution in [2.45, 2.75) is 0 Å². The maximum Gasteiger partial charge on any atom is 0.425 e. The smallest absolute Gasteiger partial charge is 0.425 e. The number of pyridine rings is 1. The van der Waals surface area contributed by atoms with Crippen LogP contribution in [0.5, 0.6) is 0 Å². The maximum absolute atomic E-state index is 10.7. The number of rotatable bonds is 2. The lowest BCUT2D eigenvalue weighted by Crippen LogP contribution is -2.29. The fraction of sp³-hybridized carbons (Fsp3) is 0.143. The van der Waals surface area contributed by atoms with Gasteiger partial charge in [-0.2, -0.15) is 0 Å². The third kappa shape index (κ3) is 2.90. The molecule has 13 heavy (non-hydrogen) atoms. The van der Waals surface area contributed by atoms with Crippen LogP contribution in [0.15, 0.2) is 22.9 Å². The molecule has 1 aromatic rings. The van der Waals surface area contributed by atoms with Crippen molar-refractivity contribution in [2.75, 3.05) is 12.5 Å². The molecule has 0 fully saturated rings. The van der Waals surface area contributed by atoms with Gasteiger partial charge < -0.3 is 4.74 Å². The van der Waals surface area contributed by atoms with E-state index in [4.69, 9.17) is 0 Å². The highest BCUT2D eigenvalue weighted by molar-refractivity contribution is 9.10. The molecule has 0 aliphatic heterocycles. The zero-order valence-electron chi connectivity index (χ0n) is 6.87. The highest BCUT2D eigenvalue weighted by atomic mass is 79.9. The van der Waals surface area contributed by atoms with Crippen LogP contribution in [-0.2, 0) is 4.74 Å². The Labute approximate surface area is 83.6 Å². The second-order valence-electron chi connectivity index (χ2n) is 2.10. The normalized spacial score (nSPS) is 9.08. The van der Waals surface area contributed by atoms with E-state index < -0.39 is 6.09 Å². The van der Waals surface area contributed by atoms with Gasteiger partial charge in [-0.25, -0.2) is 10.2 Å². The lowest BCUT2D eigenvalue weighted by molar-refractivity contribution is 0.173. The number of hydrogen-bond donors (Lipinski definition) is 2. The summed E-state index contributed by atoms with van der Waals surface area (Å²) in [5.41, 5.74) is 5.68. The number of hydrazine groups is 1. The number of nitrogens with zero attached hydrogens (tertiary/aromatic N) is 1. The highest BCUT2D eigenvalue weighted by Crippen LogP contribution is 2.18. The summed E-state index contributed by atoms with van der Waals surface area (Å²) in [6.45, 7) is 0. The zero-order valence-corrected chi connectivity index (χ0v) is 8.46. The minimum Gasteiger partial charge on any atom is -0.452 e. The number of amides is 1. The Bertz CT molecular complexity index is 306. The Morgan fingerprint density at radius 2 is 2.46 bits per heavy atom. The summed E-state index contributed by atoms with van der Waals surface area (Å²) >= 11 is 3.25. The van der Waals surface area contributed by atoms with Crippen molar-refractivity contribution >= 4 is 27.7 Å². The summed E-state index contributed by atoms with van der Waals surface area (Å²) in [6.07, 6.45) is 2.66. The van der Waals surface area contributed by atoms with E-state index in [1.54, 1.807) is 18.5 Å². The highest BCUT2D eigenvalue weighted by Gasteiger charge is 2.00. The molecule has 0 aliphatic rings. The van der Waals surface area contributed by atoms with Crippen LogP contribution >= 0.6 is 15.9 Å². The third-order valence-corrected chi connectivity index (χ3v) is 1.89. The molecule has 0 atom stereocenters. The molecular weight excluding hydrogens is 238 g/mol. The molecule has 6 heteroatoms. The molecule has 1 rings (SSSR count). The number of nitrogens with one attached hydrogen (secondary N) is 2. The average molecular weight is 246 g/mol. The SMILES string of the molecule is COC(=O)NNc1ccncc1Br. The molecule has 0 spiro atoms. The molecule has 0 aromatic carbocycles. The van der Waals surface area contributed by atoms with Crippen LogP contribution in [0.4, 0.5) is 10.5 Å². The van der Waals surface area contributed by atoms with Crippen LogP contribution in [0, 0.1) is 0 Å². The van der Waals surface area contributed by atoms with Crippen LogP contribution in [-0.4, -0.2) is 18.2 Å². The van der Waals surface area contributed by atoms with E-state index in [0.717, 1.165) is 4.47 Å². The molecule has 1 heterocycles. The molecule has 0 aliphatic carbocycles. The van der Waals surface area contributed by atoms with Gasteiger partial charge in [0.25, 0.3) is 0 Å². The maximum atomic E-state index is 10.7. The summed E-state index contributed by atoms with van der Waals surface area (Å²) in [7, 11) is 1.29.